The van der Waals surface area contributed by atoms with Crippen LogP contribution in [-0.2, 0) is 16.1 Å². The number of carbonyl (C=O) groups excluding carboxylic acids is 1. The molecule has 2 aromatic carbocycles. The van der Waals surface area contributed by atoms with Gasteiger partial charge in [0, 0.05) is 34.0 Å². The van der Waals surface area contributed by atoms with Gasteiger partial charge in [-0.25, -0.2) is 9.18 Å². The highest BCUT2D eigenvalue weighted by Crippen LogP contribution is 2.40. The van der Waals surface area contributed by atoms with Crippen molar-refractivity contribution in [3.05, 3.63) is 58.5 Å². The zero-order chi connectivity index (χ0) is 22.1. The van der Waals surface area contributed by atoms with E-state index in [9.17, 15) is 14.7 Å². The Morgan fingerprint density at radius 1 is 1.23 bits per heavy atom. The summed E-state index contributed by atoms with van der Waals surface area (Å²) in [5, 5.41) is 9.87. The molecule has 1 fully saturated rings. The first-order valence-electron chi connectivity index (χ1n) is 9.70. The van der Waals surface area contributed by atoms with E-state index in [-0.39, 0.29) is 28.6 Å². The molecule has 0 unspecified atom stereocenters. The molecule has 9 heteroatoms. The van der Waals surface area contributed by atoms with E-state index >= 15 is 4.39 Å². The molecule has 6 nitrogen and oxygen atoms in total. The van der Waals surface area contributed by atoms with Gasteiger partial charge in [0.2, 0.25) is 5.91 Å². The van der Waals surface area contributed by atoms with Gasteiger partial charge in [-0.1, -0.05) is 29.4 Å². The van der Waals surface area contributed by atoms with Crippen molar-refractivity contribution in [2.24, 2.45) is 0 Å². The van der Waals surface area contributed by atoms with E-state index < -0.39 is 11.8 Å². The highest BCUT2D eigenvalue weighted by Gasteiger charge is 2.24. The summed E-state index contributed by atoms with van der Waals surface area (Å²) in [4.78, 5) is 27.3. The number of halogens is 2. The Morgan fingerprint density at radius 2 is 1.97 bits per heavy atom. The summed E-state index contributed by atoms with van der Waals surface area (Å²) in [7, 11) is 0. The maximum Gasteiger partial charge on any atom is 0.335 e. The van der Waals surface area contributed by atoms with Gasteiger partial charge >= 0.3 is 5.97 Å². The quantitative estimate of drug-likeness (QED) is 0.606. The van der Waals surface area contributed by atoms with Crippen LogP contribution >= 0.6 is 23.4 Å². The fraction of sp³-hybridized carbons (Fsp3) is 0.273. The number of aromatic carboxylic acids is 1. The number of hydrogen-bond donors (Lipinski definition) is 1. The standard InChI is InChI=1S/C22H20ClFN2O4S/c1-13-21(31-15-4-2-3-14(11-15)22(28)29)16-5-6-17(23)19(24)20(16)26(13)12-18(27)25-7-9-30-10-8-25/h2-6,11H,7-10,12H2,1H3,(H,28,29). The number of aromatic nitrogens is 1. The maximum absolute atomic E-state index is 15.1. The lowest BCUT2D eigenvalue weighted by Gasteiger charge is -2.27. The summed E-state index contributed by atoms with van der Waals surface area (Å²) in [5.41, 5.74) is 1.15. The molecule has 1 aliphatic rings. The fourth-order valence-corrected chi connectivity index (χ4v) is 4.91. The maximum atomic E-state index is 15.1. The van der Waals surface area contributed by atoms with E-state index in [4.69, 9.17) is 16.3 Å². The van der Waals surface area contributed by atoms with Gasteiger partial charge in [-0.05, 0) is 37.3 Å². The van der Waals surface area contributed by atoms with Crippen LogP contribution in [0, 0.1) is 12.7 Å². The first-order valence-corrected chi connectivity index (χ1v) is 10.9. The average molecular weight is 463 g/mol. The predicted octanol–water partition coefficient (Wildman–Crippen LogP) is 4.45. The van der Waals surface area contributed by atoms with E-state index in [0.717, 1.165) is 4.90 Å². The number of carboxylic acid groups (broad SMARTS) is 1. The number of nitrogens with zero attached hydrogens (tertiary/aromatic N) is 2. The molecule has 1 N–H and O–H groups in total. The number of ether oxygens (including phenoxy) is 1. The lowest BCUT2D eigenvalue weighted by Crippen LogP contribution is -2.42. The van der Waals surface area contributed by atoms with Crippen LogP contribution in [0.3, 0.4) is 0 Å². The highest BCUT2D eigenvalue weighted by molar-refractivity contribution is 7.99. The van der Waals surface area contributed by atoms with E-state index in [0.29, 0.717) is 42.3 Å². The van der Waals surface area contributed by atoms with Gasteiger partial charge in [0.15, 0.2) is 5.82 Å². The third-order valence-corrected chi connectivity index (χ3v) is 6.78. The van der Waals surface area contributed by atoms with Gasteiger partial charge in [0.25, 0.3) is 0 Å². The molecule has 0 bridgehead atoms. The predicted molar refractivity (Wildman–Crippen MR) is 117 cm³/mol. The lowest BCUT2D eigenvalue weighted by molar-refractivity contribution is -0.135. The third-order valence-electron chi connectivity index (χ3n) is 5.28. The molecule has 1 aromatic heterocycles. The van der Waals surface area contributed by atoms with Crippen LogP contribution in [-0.4, -0.2) is 52.8 Å². The van der Waals surface area contributed by atoms with Crippen LogP contribution in [0.25, 0.3) is 10.9 Å². The monoisotopic (exact) mass is 462 g/mol. The summed E-state index contributed by atoms with van der Waals surface area (Å²) in [5.74, 6) is -1.72. The number of carbonyl (C=O) groups is 2. The number of hydrogen-bond acceptors (Lipinski definition) is 4. The van der Waals surface area contributed by atoms with Crippen molar-refractivity contribution in [1.82, 2.24) is 9.47 Å². The highest BCUT2D eigenvalue weighted by atomic mass is 35.5. The van der Waals surface area contributed by atoms with Crippen molar-refractivity contribution < 1.29 is 23.8 Å². The number of morpholine rings is 1. The number of amides is 1. The van der Waals surface area contributed by atoms with Crippen molar-refractivity contribution in [2.45, 2.75) is 23.3 Å². The molecule has 2 heterocycles. The SMILES string of the molecule is Cc1c(Sc2cccc(C(=O)O)c2)c2ccc(Cl)c(F)c2n1CC(=O)N1CCOCC1. The van der Waals surface area contributed by atoms with Gasteiger partial charge in [0.05, 0.1) is 29.3 Å². The molecule has 4 rings (SSSR count). The van der Waals surface area contributed by atoms with Gasteiger partial charge in [-0.3, -0.25) is 4.79 Å². The first kappa shape index (κ1) is 21.7. The minimum atomic E-state index is -1.02. The van der Waals surface area contributed by atoms with Crippen molar-refractivity contribution in [2.75, 3.05) is 26.3 Å². The van der Waals surface area contributed by atoms with Crippen LogP contribution in [0.5, 0.6) is 0 Å². The minimum Gasteiger partial charge on any atom is -0.478 e. The summed E-state index contributed by atoms with van der Waals surface area (Å²) >= 11 is 7.38. The van der Waals surface area contributed by atoms with E-state index in [1.165, 1.54) is 23.9 Å². The summed E-state index contributed by atoms with van der Waals surface area (Å²) in [6.45, 7) is 3.78. The smallest absolute Gasteiger partial charge is 0.335 e. The van der Waals surface area contributed by atoms with E-state index in [2.05, 4.69) is 0 Å². The molecular formula is C22H20ClFN2O4S. The third kappa shape index (κ3) is 4.28. The molecule has 0 radical (unpaired) electrons. The fourth-order valence-electron chi connectivity index (χ4n) is 3.66. The van der Waals surface area contributed by atoms with Crippen LogP contribution in [0.2, 0.25) is 5.02 Å². The average Bonchev–Trinajstić information content (AvgIpc) is 3.03. The molecular weight excluding hydrogens is 443 g/mol. The zero-order valence-electron chi connectivity index (χ0n) is 16.7. The molecule has 1 saturated heterocycles. The van der Waals surface area contributed by atoms with Gasteiger partial charge in [0.1, 0.15) is 6.54 Å². The molecule has 1 amide bonds. The Kier molecular flexibility index (Phi) is 6.22. The molecule has 3 aromatic rings. The molecule has 1 aliphatic heterocycles. The van der Waals surface area contributed by atoms with Crippen molar-refractivity contribution in [1.29, 1.82) is 0 Å². The van der Waals surface area contributed by atoms with Crippen molar-refractivity contribution in [3.63, 3.8) is 0 Å². The first-order chi connectivity index (χ1) is 14.9. The molecule has 0 spiro atoms. The van der Waals surface area contributed by atoms with Gasteiger partial charge < -0.3 is 19.3 Å². The van der Waals surface area contributed by atoms with E-state index in [1.54, 1.807) is 33.7 Å². The number of rotatable bonds is 5. The van der Waals surface area contributed by atoms with Gasteiger partial charge in [-0.2, -0.15) is 0 Å². The molecule has 31 heavy (non-hydrogen) atoms. The van der Waals surface area contributed by atoms with Crippen LogP contribution < -0.4 is 0 Å². The Bertz CT molecular complexity index is 1170. The van der Waals surface area contributed by atoms with Gasteiger partial charge in [-0.15, -0.1) is 0 Å². The summed E-state index contributed by atoms with van der Waals surface area (Å²) < 4.78 is 22.0. The van der Waals surface area contributed by atoms with Crippen LogP contribution in [0.4, 0.5) is 4.39 Å². The van der Waals surface area contributed by atoms with Crippen molar-refractivity contribution in [3.8, 4) is 0 Å². The Morgan fingerprint density at radius 3 is 2.68 bits per heavy atom. The number of carboxylic acids is 1. The second-order valence-corrected chi connectivity index (χ2v) is 8.68. The Hall–Kier alpha value is -2.55. The van der Waals surface area contributed by atoms with Crippen molar-refractivity contribution >= 4 is 46.1 Å². The number of benzene rings is 2. The van der Waals surface area contributed by atoms with Crippen LogP contribution in [0.15, 0.2) is 46.2 Å². The summed E-state index contributed by atoms with van der Waals surface area (Å²) in [6, 6.07) is 9.77. The number of fused-ring (bicyclic) bond motifs is 1. The van der Waals surface area contributed by atoms with Crippen LogP contribution in [0.1, 0.15) is 16.1 Å². The second kappa shape index (κ2) is 8.90. The topological polar surface area (TPSA) is 71.8 Å². The lowest BCUT2D eigenvalue weighted by atomic mass is 10.2. The zero-order valence-corrected chi connectivity index (χ0v) is 18.3. The van der Waals surface area contributed by atoms with E-state index in [1.807, 2.05) is 6.92 Å². The molecule has 0 atom stereocenters. The molecule has 0 saturated carbocycles. The molecule has 0 aliphatic carbocycles. The summed E-state index contributed by atoms with van der Waals surface area (Å²) in [6.07, 6.45) is 0. The second-order valence-electron chi connectivity index (χ2n) is 7.19. The molecule has 162 valence electrons. The normalized spacial score (nSPS) is 14.2. The minimum absolute atomic E-state index is 0.0185. The Balaban J connectivity index is 1.77. The largest absolute Gasteiger partial charge is 0.478 e. The Labute approximate surface area is 187 Å².